The summed E-state index contributed by atoms with van der Waals surface area (Å²) in [6, 6.07) is 11.8. The van der Waals surface area contributed by atoms with Crippen LogP contribution in [-0.2, 0) is 6.18 Å². The Morgan fingerprint density at radius 3 is 2.16 bits per heavy atom. The lowest BCUT2D eigenvalue weighted by Crippen LogP contribution is -2.60. The first-order valence-corrected chi connectivity index (χ1v) is 15.7. The van der Waals surface area contributed by atoms with Gasteiger partial charge in [0.1, 0.15) is 5.75 Å². The summed E-state index contributed by atoms with van der Waals surface area (Å²) in [5.41, 5.74) is 0.225. The Labute approximate surface area is 251 Å². The number of amides is 3. The lowest BCUT2D eigenvalue weighted by molar-refractivity contribution is -0.137. The van der Waals surface area contributed by atoms with Crippen molar-refractivity contribution < 1.29 is 27.5 Å². The maximum atomic E-state index is 12.9. The van der Waals surface area contributed by atoms with Gasteiger partial charge in [-0.25, -0.2) is 4.79 Å². The fourth-order valence-electron chi connectivity index (χ4n) is 8.12. The predicted octanol–water partition coefficient (Wildman–Crippen LogP) is 6.41. The van der Waals surface area contributed by atoms with Gasteiger partial charge in [0.2, 0.25) is 0 Å². The van der Waals surface area contributed by atoms with Crippen LogP contribution in [0, 0.1) is 17.8 Å². The van der Waals surface area contributed by atoms with Crippen LogP contribution in [-0.4, -0.2) is 66.6 Å². The zero-order valence-corrected chi connectivity index (χ0v) is 24.5. The highest BCUT2D eigenvalue weighted by Gasteiger charge is 2.51. The number of carbonyl (C=O) groups is 2. The van der Waals surface area contributed by atoms with Gasteiger partial charge in [0, 0.05) is 49.0 Å². The van der Waals surface area contributed by atoms with Crippen molar-refractivity contribution in [2.24, 2.45) is 17.8 Å². The number of urea groups is 1. The molecule has 1 saturated heterocycles. The molecular weight excluding hydrogens is 557 g/mol. The van der Waals surface area contributed by atoms with Crippen LogP contribution in [0.4, 0.5) is 23.7 Å². The third kappa shape index (κ3) is 7.28. The third-order valence-electron chi connectivity index (χ3n) is 9.76. The Morgan fingerprint density at radius 1 is 0.884 bits per heavy atom. The van der Waals surface area contributed by atoms with Crippen LogP contribution in [0.25, 0.3) is 0 Å². The number of nitrogens with zero attached hydrogens (tertiary/aromatic N) is 2. The van der Waals surface area contributed by atoms with Crippen LogP contribution in [0.15, 0.2) is 48.5 Å². The van der Waals surface area contributed by atoms with Gasteiger partial charge in [0.15, 0.2) is 0 Å². The number of unbranched alkanes of at least 4 members (excludes halogenated alkanes) is 1. The molecule has 4 bridgehead atoms. The van der Waals surface area contributed by atoms with Gasteiger partial charge in [-0.1, -0.05) is 6.07 Å². The van der Waals surface area contributed by atoms with Gasteiger partial charge < -0.3 is 20.3 Å². The molecule has 0 unspecified atom stereocenters. The van der Waals surface area contributed by atoms with Crippen molar-refractivity contribution in [1.29, 1.82) is 0 Å². The first-order chi connectivity index (χ1) is 20.6. The SMILES string of the molecule is O=C(Nc1cccc(OCCCCN2CCN(C(=O)c3ccc(C(F)(F)F)cc3)CC2)c1)NC12CC3CC(CC(C3)C1)C2. The minimum absolute atomic E-state index is 0.0266. The standard InChI is InChI=1S/C33H41F3N4O3/c34-33(35,36)27-8-6-26(7-9-27)30(41)40-13-11-39(12-14-40)10-1-2-15-43-29-5-3-4-28(19-29)37-31(42)38-32-20-23-16-24(21-32)18-25(17-23)22-32/h3-9,19,23-25H,1-2,10-18,20-22H2,(H2,37,38,42). The van der Waals surface area contributed by atoms with E-state index in [4.69, 9.17) is 4.74 Å². The fraction of sp³-hybridized carbons (Fsp3) is 0.576. The molecule has 0 radical (unpaired) electrons. The van der Waals surface area contributed by atoms with Crippen LogP contribution in [0.5, 0.6) is 5.75 Å². The molecule has 10 heteroatoms. The summed E-state index contributed by atoms with van der Waals surface area (Å²) >= 11 is 0. The average Bonchev–Trinajstić information content (AvgIpc) is 2.96. The minimum atomic E-state index is -4.41. The zero-order valence-electron chi connectivity index (χ0n) is 24.5. The number of nitrogens with one attached hydrogen (secondary N) is 2. The molecule has 7 nitrogen and oxygen atoms in total. The topological polar surface area (TPSA) is 73.9 Å². The summed E-state index contributed by atoms with van der Waals surface area (Å²) in [5, 5.41) is 6.38. The summed E-state index contributed by atoms with van der Waals surface area (Å²) in [6.45, 7) is 4.00. The number of halogens is 3. The Hall–Kier alpha value is -3.27. The van der Waals surface area contributed by atoms with Gasteiger partial charge in [0.25, 0.3) is 5.91 Å². The molecule has 4 saturated carbocycles. The van der Waals surface area contributed by atoms with Crippen LogP contribution >= 0.6 is 0 Å². The molecule has 3 amide bonds. The minimum Gasteiger partial charge on any atom is -0.494 e. The van der Waals surface area contributed by atoms with E-state index in [1.807, 2.05) is 24.3 Å². The van der Waals surface area contributed by atoms with Crippen molar-refractivity contribution in [3.05, 3.63) is 59.7 Å². The van der Waals surface area contributed by atoms with Gasteiger partial charge in [0.05, 0.1) is 12.2 Å². The average molecular weight is 599 g/mol. The number of alkyl halides is 3. The molecule has 43 heavy (non-hydrogen) atoms. The van der Waals surface area contributed by atoms with Crippen LogP contribution in [0.1, 0.15) is 67.3 Å². The van der Waals surface area contributed by atoms with Crippen molar-refractivity contribution in [2.75, 3.05) is 44.6 Å². The van der Waals surface area contributed by atoms with Crippen molar-refractivity contribution in [3.63, 3.8) is 0 Å². The second kappa shape index (κ2) is 12.4. The number of ether oxygens (including phenoxy) is 1. The molecular formula is C33H41F3N4O3. The van der Waals surface area contributed by atoms with Gasteiger partial charge >= 0.3 is 12.2 Å². The van der Waals surface area contributed by atoms with Gasteiger partial charge in [-0.3, -0.25) is 9.69 Å². The van der Waals surface area contributed by atoms with Gasteiger partial charge in [-0.2, -0.15) is 13.2 Å². The van der Waals surface area contributed by atoms with E-state index >= 15 is 0 Å². The summed E-state index contributed by atoms with van der Waals surface area (Å²) in [6.07, 6.45) is 4.78. The summed E-state index contributed by atoms with van der Waals surface area (Å²) in [7, 11) is 0. The van der Waals surface area contributed by atoms with E-state index < -0.39 is 11.7 Å². The zero-order chi connectivity index (χ0) is 30.0. The van der Waals surface area contributed by atoms with E-state index in [1.54, 1.807) is 4.90 Å². The highest BCUT2D eigenvalue weighted by Crippen LogP contribution is 2.55. The molecule has 5 fully saturated rings. The maximum Gasteiger partial charge on any atom is 0.416 e. The number of rotatable bonds is 9. The second-order valence-corrected chi connectivity index (χ2v) is 13.1. The smallest absolute Gasteiger partial charge is 0.416 e. The molecule has 0 atom stereocenters. The molecule has 7 rings (SSSR count). The molecule has 1 heterocycles. The number of anilines is 1. The number of piperazine rings is 1. The van der Waals surface area contributed by atoms with Crippen molar-refractivity contribution in [1.82, 2.24) is 15.1 Å². The van der Waals surface area contributed by atoms with Crippen LogP contribution in [0.2, 0.25) is 0 Å². The molecule has 2 aromatic rings. The number of hydrogen-bond donors (Lipinski definition) is 2. The molecule has 232 valence electrons. The first kappa shape index (κ1) is 29.8. The monoisotopic (exact) mass is 598 g/mol. The van der Waals surface area contributed by atoms with E-state index in [2.05, 4.69) is 15.5 Å². The molecule has 5 aliphatic rings. The Morgan fingerprint density at radius 2 is 1.53 bits per heavy atom. The summed E-state index contributed by atoms with van der Waals surface area (Å²) in [5.74, 6) is 2.82. The van der Waals surface area contributed by atoms with Gasteiger partial charge in [-0.15, -0.1) is 0 Å². The molecule has 0 aromatic heterocycles. The lowest BCUT2D eigenvalue weighted by Gasteiger charge is -2.56. The highest BCUT2D eigenvalue weighted by atomic mass is 19.4. The Kier molecular flexibility index (Phi) is 8.58. The first-order valence-electron chi connectivity index (χ1n) is 15.7. The van der Waals surface area contributed by atoms with Crippen molar-refractivity contribution in [2.45, 2.75) is 63.1 Å². The normalized spacial score (nSPS) is 26.8. The quantitative estimate of drug-likeness (QED) is 0.327. The molecule has 4 aliphatic carbocycles. The summed E-state index contributed by atoms with van der Waals surface area (Å²) in [4.78, 5) is 29.6. The van der Waals surface area contributed by atoms with E-state index in [1.165, 1.54) is 31.4 Å². The Bertz CT molecular complexity index is 1260. The maximum absolute atomic E-state index is 12.9. The molecule has 2 N–H and O–H groups in total. The lowest BCUT2D eigenvalue weighted by atomic mass is 9.53. The molecule has 0 spiro atoms. The number of hydrogen-bond acceptors (Lipinski definition) is 4. The highest BCUT2D eigenvalue weighted by molar-refractivity contribution is 5.94. The Balaban J connectivity index is 0.876. The molecule has 2 aromatic carbocycles. The molecule has 1 aliphatic heterocycles. The predicted molar refractivity (Wildman–Crippen MR) is 158 cm³/mol. The fourth-order valence-corrected chi connectivity index (χ4v) is 8.12. The van der Waals surface area contributed by atoms with Crippen molar-refractivity contribution >= 4 is 17.6 Å². The van der Waals surface area contributed by atoms with E-state index in [0.29, 0.717) is 19.7 Å². The van der Waals surface area contributed by atoms with Crippen LogP contribution in [0.3, 0.4) is 0 Å². The van der Waals surface area contributed by atoms with E-state index in [9.17, 15) is 22.8 Å². The van der Waals surface area contributed by atoms with E-state index in [0.717, 1.165) is 93.1 Å². The number of benzene rings is 2. The third-order valence-corrected chi connectivity index (χ3v) is 9.76. The summed E-state index contributed by atoms with van der Waals surface area (Å²) < 4.78 is 44.4. The second-order valence-electron chi connectivity index (χ2n) is 13.1. The van der Waals surface area contributed by atoms with Crippen molar-refractivity contribution in [3.8, 4) is 5.75 Å². The number of carbonyl (C=O) groups excluding carboxylic acids is 2. The van der Waals surface area contributed by atoms with Gasteiger partial charge in [-0.05, 0) is 112 Å². The van der Waals surface area contributed by atoms with E-state index in [-0.39, 0.29) is 23.0 Å². The largest absolute Gasteiger partial charge is 0.494 e. The van der Waals surface area contributed by atoms with Crippen LogP contribution < -0.4 is 15.4 Å².